The maximum absolute atomic E-state index is 12.9. The number of phosphoric acid groups is 2. The first-order valence-electron chi connectivity index (χ1n) is 31.8. The van der Waals surface area contributed by atoms with E-state index >= 15 is 0 Å². The van der Waals surface area contributed by atoms with Crippen molar-refractivity contribution in [3.05, 3.63) is 122 Å². The number of ether oxygens (including phenoxy) is 3. The van der Waals surface area contributed by atoms with Gasteiger partial charge in [-0.2, -0.15) is 0 Å². The minimum Gasteiger partial charge on any atom is -0.463 e. The van der Waals surface area contributed by atoms with Gasteiger partial charge in [-0.25, -0.2) is 9.13 Å². The van der Waals surface area contributed by atoms with Crippen molar-refractivity contribution >= 4 is 33.6 Å². The van der Waals surface area contributed by atoms with Gasteiger partial charge in [-0.3, -0.25) is 32.5 Å². The number of aliphatic hydroxyl groups is 2. The molecule has 4 N–H and O–H groups in total. The number of allylic oxidation sites excluding steroid dienone is 20. The molecule has 486 valence electrons. The minimum absolute atomic E-state index is 0.0788. The molecule has 0 aromatic heterocycles. The number of carbonyl (C=O) groups excluding carboxylic acids is 3. The molecule has 0 radical (unpaired) electrons. The Balaban J connectivity index is 4.75. The Bertz CT molecular complexity index is 2040. The van der Waals surface area contributed by atoms with Crippen molar-refractivity contribution in [3.8, 4) is 0 Å². The highest BCUT2D eigenvalue weighted by Gasteiger charge is 2.29. The van der Waals surface area contributed by atoms with Gasteiger partial charge in [0.2, 0.25) is 0 Å². The third-order valence-electron chi connectivity index (χ3n) is 12.7. The number of carbonyl (C=O) groups is 3. The fraction of sp³-hybridized carbons (Fsp3) is 0.657. The standard InChI is InChI=1S/C67H112O16P2/c1-4-7-10-13-16-19-22-25-28-30-33-35-38-41-44-47-50-53-65(70)77-56-62(68)57-79-84(73,74)80-58-63(69)59-81-85(75,76)82-61-64(83-67(72)55-52-49-46-43-40-37-32-27-24-21-18-15-12-9-6-3)60-78-66(71)54-51-48-45-42-39-36-34-31-29-26-23-20-17-14-11-8-5-2/h7-12,16-21,25-29,32-33,35,62-64,68-69H,4-6,13-15,22-24,30-31,34,36-61H2,1-3H3,(H,73,74)(H,75,76)/b10-7-,11-8-,12-9-,19-16-,20-17-,21-18-,28-25-,29-26-,32-27-,35-33-. The molecule has 0 aliphatic heterocycles. The summed E-state index contributed by atoms with van der Waals surface area (Å²) in [7, 11) is -9.79. The zero-order chi connectivity index (χ0) is 62.4. The Hall–Kier alpha value is -4.05. The van der Waals surface area contributed by atoms with Crippen molar-refractivity contribution in [2.24, 2.45) is 0 Å². The Morgan fingerprint density at radius 2 is 0.588 bits per heavy atom. The first-order chi connectivity index (χ1) is 41.2. The second kappa shape index (κ2) is 60.2. The molecule has 0 fully saturated rings. The van der Waals surface area contributed by atoms with Crippen molar-refractivity contribution in [1.29, 1.82) is 0 Å². The topological polar surface area (TPSA) is 231 Å². The Kier molecular flexibility index (Phi) is 57.4. The zero-order valence-corrected chi connectivity index (χ0v) is 54.0. The molecule has 0 saturated carbocycles. The summed E-state index contributed by atoms with van der Waals surface area (Å²) in [6.45, 7) is 2.24. The van der Waals surface area contributed by atoms with E-state index in [4.69, 9.17) is 32.3 Å². The van der Waals surface area contributed by atoms with Gasteiger partial charge in [-0.1, -0.05) is 206 Å². The molecule has 16 nitrogen and oxygen atoms in total. The number of phosphoric ester groups is 2. The summed E-state index contributed by atoms with van der Waals surface area (Å²) in [5.41, 5.74) is 0. The van der Waals surface area contributed by atoms with Gasteiger partial charge in [0.15, 0.2) is 6.10 Å². The molecule has 18 heteroatoms. The van der Waals surface area contributed by atoms with Crippen LogP contribution in [0.5, 0.6) is 0 Å². The lowest BCUT2D eigenvalue weighted by molar-refractivity contribution is -0.161. The largest absolute Gasteiger partial charge is 0.472 e. The van der Waals surface area contributed by atoms with Gasteiger partial charge >= 0.3 is 33.6 Å². The lowest BCUT2D eigenvalue weighted by atomic mass is 10.1. The van der Waals surface area contributed by atoms with Crippen LogP contribution in [0.4, 0.5) is 0 Å². The molecular weight excluding hydrogens is 1120 g/mol. The van der Waals surface area contributed by atoms with Gasteiger partial charge in [0.1, 0.15) is 25.4 Å². The normalized spacial score (nSPS) is 15.1. The molecule has 0 amide bonds. The van der Waals surface area contributed by atoms with Crippen molar-refractivity contribution in [2.45, 2.75) is 245 Å². The summed E-state index contributed by atoms with van der Waals surface area (Å²) >= 11 is 0. The summed E-state index contributed by atoms with van der Waals surface area (Å²) in [6.07, 6.45) is 66.8. The minimum atomic E-state index is -4.93. The summed E-state index contributed by atoms with van der Waals surface area (Å²) in [5, 5.41) is 20.5. The van der Waals surface area contributed by atoms with Gasteiger partial charge in [-0.05, 0) is 122 Å². The summed E-state index contributed by atoms with van der Waals surface area (Å²) in [5.74, 6) is -1.64. The van der Waals surface area contributed by atoms with Gasteiger partial charge in [0, 0.05) is 19.3 Å². The fourth-order valence-electron chi connectivity index (χ4n) is 7.88. The van der Waals surface area contributed by atoms with E-state index in [9.17, 15) is 43.5 Å². The number of unbranched alkanes of at least 4 members (excludes halogenated alkanes) is 16. The van der Waals surface area contributed by atoms with Crippen LogP contribution in [0.3, 0.4) is 0 Å². The lowest BCUT2D eigenvalue weighted by Crippen LogP contribution is -2.30. The van der Waals surface area contributed by atoms with Crippen LogP contribution in [0, 0.1) is 0 Å². The highest BCUT2D eigenvalue weighted by molar-refractivity contribution is 7.47. The molecular formula is C67H112O16P2. The van der Waals surface area contributed by atoms with Crippen LogP contribution < -0.4 is 0 Å². The van der Waals surface area contributed by atoms with Crippen molar-refractivity contribution < 1.29 is 75.8 Å². The number of hydrogen-bond acceptors (Lipinski definition) is 14. The van der Waals surface area contributed by atoms with Gasteiger partial charge in [0.25, 0.3) is 0 Å². The molecule has 85 heavy (non-hydrogen) atoms. The second-order valence-corrected chi connectivity index (χ2v) is 23.7. The SMILES string of the molecule is CC/C=C\C/C=C\C/C=C\C/C=C\CCCCCCC(=O)OCC(O)COP(=O)(O)OCC(O)COP(=O)(O)OCC(COC(=O)CCCCCCCCC/C=C\C/C=C\C/C=C\CC)OC(=O)CCCCCCC/C=C\C/C=C\C/C=C\CC. The number of rotatable bonds is 59. The van der Waals surface area contributed by atoms with Crippen LogP contribution in [0.2, 0.25) is 0 Å². The smallest absolute Gasteiger partial charge is 0.463 e. The van der Waals surface area contributed by atoms with E-state index in [1.165, 1.54) is 0 Å². The molecule has 0 aliphatic rings. The summed E-state index contributed by atoms with van der Waals surface area (Å²) < 4.78 is 60.7. The van der Waals surface area contributed by atoms with E-state index in [0.29, 0.717) is 19.3 Å². The number of hydrogen-bond donors (Lipinski definition) is 4. The van der Waals surface area contributed by atoms with Gasteiger partial charge in [-0.15, -0.1) is 0 Å². The summed E-state index contributed by atoms with van der Waals surface area (Å²) in [4.78, 5) is 58.2. The maximum Gasteiger partial charge on any atom is 0.472 e. The molecule has 5 atom stereocenters. The summed E-state index contributed by atoms with van der Waals surface area (Å²) in [6, 6.07) is 0. The highest BCUT2D eigenvalue weighted by Crippen LogP contribution is 2.45. The van der Waals surface area contributed by atoms with E-state index in [1.54, 1.807) is 0 Å². The molecule has 5 unspecified atom stereocenters. The Morgan fingerprint density at radius 3 is 0.929 bits per heavy atom. The van der Waals surface area contributed by atoms with Crippen LogP contribution in [0.1, 0.15) is 226 Å². The fourth-order valence-corrected chi connectivity index (χ4v) is 9.47. The zero-order valence-electron chi connectivity index (χ0n) is 52.2. The van der Waals surface area contributed by atoms with Gasteiger partial charge < -0.3 is 34.2 Å². The lowest BCUT2D eigenvalue weighted by Gasteiger charge is -2.21. The molecule has 0 bridgehead atoms. The predicted octanol–water partition coefficient (Wildman–Crippen LogP) is 17.1. The third-order valence-corrected chi connectivity index (χ3v) is 14.6. The van der Waals surface area contributed by atoms with E-state index in [-0.39, 0.29) is 19.3 Å². The van der Waals surface area contributed by atoms with Crippen LogP contribution in [0.15, 0.2) is 122 Å². The van der Waals surface area contributed by atoms with Crippen LogP contribution in [0.25, 0.3) is 0 Å². The van der Waals surface area contributed by atoms with Crippen LogP contribution in [-0.4, -0.2) is 95.9 Å². The Labute approximate surface area is 512 Å². The molecule has 0 aromatic carbocycles. The van der Waals surface area contributed by atoms with E-state index in [2.05, 4.69) is 142 Å². The number of esters is 3. The quantitative estimate of drug-likeness (QED) is 0.0146. The third kappa shape index (κ3) is 61.4. The van der Waals surface area contributed by atoms with Crippen molar-refractivity contribution in [1.82, 2.24) is 0 Å². The van der Waals surface area contributed by atoms with Gasteiger partial charge in [0.05, 0.1) is 26.4 Å². The molecule has 0 heterocycles. The maximum atomic E-state index is 12.9. The second-order valence-electron chi connectivity index (χ2n) is 20.8. The average molecular weight is 1240 g/mol. The molecule has 0 aromatic rings. The van der Waals surface area contributed by atoms with Crippen LogP contribution in [-0.2, 0) is 55.8 Å². The van der Waals surface area contributed by atoms with E-state index < -0.39 is 91.5 Å². The van der Waals surface area contributed by atoms with Crippen molar-refractivity contribution in [3.63, 3.8) is 0 Å². The Morgan fingerprint density at radius 1 is 0.329 bits per heavy atom. The predicted molar refractivity (Wildman–Crippen MR) is 343 cm³/mol. The first kappa shape index (κ1) is 81.0. The molecule has 0 aliphatic carbocycles. The molecule has 0 saturated heterocycles. The van der Waals surface area contributed by atoms with Crippen molar-refractivity contribution in [2.75, 3.05) is 39.6 Å². The van der Waals surface area contributed by atoms with Crippen LogP contribution >= 0.6 is 15.6 Å². The van der Waals surface area contributed by atoms with E-state index in [1.807, 2.05) is 0 Å². The average Bonchev–Trinajstić information content (AvgIpc) is 3.48. The highest BCUT2D eigenvalue weighted by atomic mass is 31.2. The monoisotopic (exact) mass is 1230 g/mol. The molecule has 0 rings (SSSR count). The number of aliphatic hydroxyl groups excluding tert-OH is 2. The molecule has 0 spiro atoms. The first-order valence-corrected chi connectivity index (χ1v) is 34.8. The van der Waals surface area contributed by atoms with E-state index in [0.717, 1.165) is 167 Å².